The number of rotatable bonds is 8. The minimum Gasteiger partial charge on any atom is -0.462 e. The van der Waals surface area contributed by atoms with Crippen molar-refractivity contribution in [3.8, 4) is 5.69 Å². The highest BCUT2D eigenvalue weighted by atomic mass is 19.1. The van der Waals surface area contributed by atoms with Gasteiger partial charge in [-0.15, -0.1) is 5.10 Å². The average Bonchev–Trinajstić information content (AvgIpc) is 3.35. The number of ether oxygens (including phenoxy) is 1. The van der Waals surface area contributed by atoms with Crippen molar-refractivity contribution >= 4 is 29.3 Å². The first-order valence-corrected chi connectivity index (χ1v) is 13.4. The Bertz CT molecular complexity index is 1310. The first kappa shape index (κ1) is 28.0. The van der Waals surface area contributed by atoms with E-state index < -0.39 is 5.97 Å². The second-order valence-corrected chi connectivity index (χ2v) is 10.3. The van der Waals surface area contributed by atoms with Crippen LogP contribution in [-0.2, 0) is 9.53 Å². The van der Waals surface area contributed by atoms with E-state index in [1.54, 1.807) is 42.3 Å². The molecule has 1 aliphatic carbocycles. The lowest BCUT2D eigenvalue weighted by atomic mass is 9.82. The molecular weight excluding hydrogens is 499 g/mol. The molecule has 0 radical (unpaired) electrons. The normalized spacial score (nSPS) is 17.1. The quantitative estimate of drug-likeness (QED) is 0.357. The molecule has 39 heavy (non-hydrogen) atoms. The van der Waals surface area contributed by atoms with E-state index in [1.165, 1.54) is 28.9 Å². The number of esters is 1. The number of hydrogen-bond acceptors (Lipinski definition) is 5. The molecule has 1 aromatic heterocycles. The zero-order chi connectivity index (χ0) is 28.1. The van der Waals surface area contributed by atoms with Crippen molar-refractivity contribution < 1.29 is 23.5 Å². The van der Waals surface area contributed by atoms with Crippen molar-refractivity contribution in [2.45, 2.75) is 59.4 Å². The van der Waals surface area contributed by atoms with E-state index in [4.69, 9.17) is 4.74 Å². The van der Waals surface area contributed by atoms with Gasteiger partial charge in [0.15, 0.2) is 5.82 Å². The highest BCUT2D eigenvalue weighted by molar-refractivity contribution is 6.04. The minimum atomic E-state index is -0.551. The van der Waals surface area contributed by atoms with Crippen molar-refractivity contribution in [3.63, 3.8) is 0 Å². The molecule has 1 aliphatic rings. The van der Waals surface area contributed by atoms with Gasteiger partial charge >= 0.3 is 5.97 Å². The molecule has 2 aromatic carbocycles. The van der Waals surface area contributed by atoms with Gasteiger partial charge in [-0.3, -0.25) is 14.5 Å². The van der Waals surface area contributed by atoms with Crippen LogP contribution in [0.15, 0.2) is 54.7 Å². The number of nitrogens with one attached hydrogen (secondary N) is 1. The molecule has 1 fully saturated rings. The van der Waals surface area contributed by atoms with Crippen molar-refractivity contribution in [1.82, 2.24) is 9.78 Å². The molecule has 8 nitrogen and oxygen atoms in total. The van der Waals surface area contributed by atoms with Crippen LogP contribution >= 0.6 is 0 Å². The summed E-state index contributed by atoms with van der Waals surface area (Å²) in [6, 6.07) is 12.0. The lowest BCUT2D eigenvalue weighted by Crippen LogP contribution is -2.43. The third-order valence-electron chi connectivity index (χ3n) is 7.03. The summed E-state index contributed by atoms with van der Waals surface area (Å²) in [5, 5.41) is 7.40. The smallest absolute Gasteiger partial charge is 0.343 e. The number of amides is 2. The van der Waals surface area contributed by atoms with Crippen LogP contribution in [0.4, 0.5) is 15.9 Å². The van der Waals surface area contributed by atoms with Crippen molar-refractivity contribution in [2.24, 2.45) is 11.8 Å². The molecule has 2 amide bonds. The fourth-order valence-electron chi connectivity index (χ4n) is 4.84. The number of halogens is 1. The number of carbonyl (C=O) groups is 3. The van der Waals surface area contributed by atoms with Crippen LogP contribution in [0.25, 0.3) is 5.69 Å². The van der Waals surface area contributed by atoms with Crippen LogP contribution in [0.3, 0.4) is 0 Å². The lowest BCUT2D eigenvalue weighted by molar-refractivity contribution is -0.124. The Labute approximate surface area is 228 Å². The van der Waals surface area contributed by atoms with E-state index in [0.717, 1.165) is 25.7 Å². The molecule has 1 saturated carbocycles. The molecule has 1 heterocycles. The Morgan fingerprint density at radius 2 is 1.69 bits per heavy atom. The van der Waals surface area contributed by atoms with Crippen molar-refractivity contribution in [2.75, 3.05) is 16.8 Å². The Balaban J connectivity index is 1.62. The maximum Gasteiger partial charge on any atom is 0.343 e. The molecular formula is C30H35FN4O4. The van der Waals surface area contributed by atoms with Gasteiger partial charge in [-0.2, -0.15) is 0 Å². The summed E-state index contributed by atoms with van der Waals surface area (Å²) in [4.78, 5) is 40.9. The highest BCUT2D eigenvalue weighted by Gasteiger charge is 2.34. The van der Waals surface area contributed by atoms with E-state index in [1.807, 2.05) is 13.8 Å². The Morgan fingerprint density at radius 3 is 2.28 bits per heavy atom. The minimum absolute atomic E-state index is 0.0273. The number of nitrogens with zero attached hydrogens (tertiary/aromatic N) is 3. The van der Waals surface area contributed by atoms with Gasteiger partial charge in [0.2, 0.25) is 5.91 Å². The number of carbonyl (C=O) groups excluding carboxylic acids is 3. The van der Waals surface area contributed by atoms with Crippen LogP contribution < -0.4 is 10.2 Å². The van der Waals surface area contributed by atoms with Gasteiger partial charge in [-0.1, -0.05) is 6.92 Å². The predicted molar refractivity (Wildman–Crippen MR) is 148 cm³/mol. The monoisotopic (exact) mass is 534 g/mol. The zero-order valence-electron chi connectivity index (χ0n) is 22.8. The summed E-state index contributed by atoms with van der Waals surface area (Å²) in [6.45, 7) is 7.94. The summed E-state index contributed by atoms with van der Waals surface area (Å²) >= 11 is 0. The molecule has 0 bridgehead atoms. The molecule has 9 heteroatoms. The maximum absolute atomic E-state index is 13.7. The Kier molecular flexibility index (Phi) is 8.79. The number of anilines is 2. The lowest BCUT2D eigenvalue weighted by Gasteiger charge is -2.32. The maximum atomic E-state index is 13.7. The molecule has 206 valence electrons. The van der Waals surface area contributed by atoms with E-state index in [0.29, 0.717) is 22.9 Å². The van der Waals surface area contributed by atoms with Crippen molar-refractivity contribution in [3.05, 3.63) is 71.7 Å². The van der Waals surface area contributed by atoms with Gasteiger partial charge in [0, 0.05) is 29.4 Å². The van der Waals surface area contributed by atoms with Gasteiger partial charge in [0.05, 0.1) is 12.3 Å². The van der Waals surface area contributed by atoms with Crippen LogP contribution in [0.2, 0.25) is 0 Å². The third-order valence-corrected chi connectivity index (χ3v) is 7.03. The second-order valence-electron chi connectivity index (χ2n) is 10.3. The third kappa shape index (κ3) is 6.53. The Morgan fingerprint density at radius 1 is 1.05 bits per heavy atom. The van der Waals surface area contributed by atoms with E-state index >= 15 is 0 Å². The first-order chi connectivity index (χ1) is 18.7. The van der Waals surface area contributed by atoms with E-state index in [9.17, 15) is 18.8 Å². The van der Waals surface area contributed by atoms with Gasteiger partial charge in [0.1, 0.15) is 11.4 Å². The SMILES string of the molecule is CCOC(=O)c1cn(-c2ccc(C(=O)Nc3ccc(F)cc3)cc2)nc1N(C(=O)[C@H]1CC[C@H](C)CC1)C(C)C. The standard InChI is InChI=1S/C30H35FN4O4/c1-5-39-30(38)26-18-34(33-27(26)35(19(2)3)29(37)22-8-6-20(4)7-9-22)25-16-10-21(11-17-25)28(36)32-24-14-12-23(31)13-15-24/h10-20,22H,5-9H2,1-4H3,(H,32,36)/t20-,22-. The second kappa shape index (κ2) is 12.2. The molecule has 0 aliphatic heterocycles. The summed E-state index contributed by atoms with van der Waals surface area (Å²) in [5.74, 6) is -0.543. The summed E-state index contributed by atoms with van der Waals surface area (Å²) in [5.41, 5.74) is 1.69. The van der Waals surface area contributed by atoms with Crippen LogP contribution in [-0.4, -0.2) is 40.2 Å². The summed E-state index contributed by atoms with van der Waals surface area (Å²) < 4.78 is 20.0. The molecule has 4 rings (SSSR count). The molecule has 0 atom stereocenters. The topological polar surface area (TPSA) is 93.5 Å². The van der Waals surface area contributed by atoms with E-state index in [-0.39, 0.29) is 47.6 Å². The summed E-state index contributed by atoms with van der Waals surface area (Å²) in [6.07, 6.45) is 5.21. The van der Waals surface area contributed by atoms with Crippen molar-refractivity contribution in [1.29, 1.82) is 0 Å². The van der Waals surface area contributed by atoms with Gasteiger partial charge in [-0.25, -0.2) is 13.9 Å². The average molecular weight is 535 g/mol. The fourth-order valence-corrected chi connectivity index (χ4v) is 4.84. The summed E-state index contributed by atoms with van der Waals surface area (Å²) in [7, 11) is 0. The molecule has 0 spiro atoms. The fraction of sp³-hybridized carbons (Fsp3) is 0.400. The molecule has 0 saturated heterocycles. The molecule has 0 unspecified atom stereocenters. The van der Waals surface area contributed by atoms with Gasteiger partial charge in [-0.05, 0) is 101 Å². The zero-order valence-corrected chi connectivity index (χ0v) is 22.8. The molecule has 1 N–H and O–H groups in total. The predicted octanol–water partition coefficient (Wildman–Crippen LogP) is 6.01. The largest absolute Gasteiger partial charge is 0.462 e. The van der Waals surface area contributed by atoms with Gasteiger partial charge in [0.25, 0.3) is 5.91 Å². The van der Waals surface area contributed by atoms with Crippen LogP contribution in [0.5, 0.6) is 0 Å². The van der Waals surface area contributed by atoms with Gasteiger partial charge < -0.3 is 10.1 Å². The molecule has 3 aromatic rings. The highest BCUT2D eigenvalue weighted by Crippen LogP contribution is 2.33. The first-order valence-electron chi connectivity index (χ1n) is 13.4. The van der Waals surface area contributed by atoms with Crippen LogP contribution in [0, 0.1) is 17.7 Å². The van der Waals surface area contributed by atoms with Crippen LogP contribution in [0.1, 0.15) is 74.1 Å². The van der Waals surface area contributed by atoms with E-state index in [2.05, 4.69) is 17.3 Å². The number of benzene rings is 2. The Hall–Kier alpha value is -4.01. The number of aromatic nitrogens is 2. The number of hydrogen-bond donors (Lipinski definition) is 1.